The summed E-state index contributed by atoms with van der Waals surface area (Å²) in [7, 11) is 0. The first kappa shape index (κ1) is 11.0. The van der Waals surface area contributed by atoms with Gasteiger partial charge in [0.25, 0.3) is 0 Å². The van der Waals surface area contributed by atoms with E-state index in [9.17, 15) is 13.2 Å². The summed E-state index contributed by atoms with van der Waals surface area (Å²) < 4.78 is 35.8. The lowest BCUT2D eigenvalue weighted by molar-refractivity contribution is -0.0558. The van der Waals surface area contributed by atoms with Crippen molar-refractivity contribution in [3.63, 3.8) is 0 Å². The van der Waals surface area contributed by atoms with E-state index in [-0.39, 0.29) is 5.82 Å². The Morgan fingerprint density at radius 3 is 2.50 bits per heavy atom. The fourth-order valence-electron chi connectivity index (χ4n) is 0.690. The highest BCUT2D eigenvalue weighted by Gasteiger charge is 2.34. The van der Waals surface area contributed by atoms with Crippen molar-refractivity contribution in [3.05, 3.63) is 23.9 Å². The van der Waals surface area contributed by atoms with Crippen molar-refractivity contribution < 1.29 is 13.2 Å². The Morgan fingerprint density at radius 1 is 1.43 bits per heavy atom. The van der Waals surface area contributed by atoms with Crippen LogP contribution in [-0.2, 0) is 0 Å². The quantitative estimate of drug-likeness (QED) is 0.670. The van der Waals surface area contributed by atoms with Crippen LogP contribution in [0.4, 0.5) is 19.0 Å². The van der Waals surface area contributed by atoms with Gasteiger partial charge in [-0.25, -0.2) is 9.98 Å². The molecule has 76 valence electrons. The van der Waals surface area contributed by atoms with Gasteiger partial charge in [-0.2, -0.15) is 13.2 Å². The largest absolute Gasteiger partial charge is 0.444 e. The summed E-state index contributed by atoms with van der Waals surface area (Å²) >= 11 is 4.92. The molecule has 0 amide bonds. The second-order valence-corrected chi connectivity index (χ2v) is 2.95. The third kappa shape index (κ3) is 2.99. The van der Waals surface area contributed by atoms with Gasteiger partial charge in [-0.15, -0.1) is 0 Å². The van der Waals surface area contributed by atoms with E-state index in [1.165, 1.54) is 12.3 Å². The molecule has 0 aliphatic carbocycles. The van der Waals surface area contributed by atoms with Crippen LogP contribution < -0.4 is 0 Å². The Labute approximate surface area is 83.4 Å². The molecule has 1 aromatic rings. The molecule has 0 fully saturated rings. The first-order chi connectivity index (χ1) is 6.39. The third-order valence-corrected chi connectivity index (χ3v) is 1.64. The standard InChI is InChI=1S/C8H6ClF3N2/c1-5-2-3-6(13-4-5)14-7(9)8(10,11)12/h2-4H,1H3. The normalized spacial score (nSPS) is 13.1. The van der Waals surface area contributed by atoms with E-state index in [1.54, 1.807) is 13.0 Å². The van der Waals surface area contributed by atoms with Crippen LogP contribution >= 0.6 is 11.6 Å². The summed E-state index contributed by atoms with van der Waals surface area (Å²) in [6, 6.07) is 2.97. The minimum Gasteiger partial charge on any atom is -0.237 e. The molecule has 0 radical (unpaired) electrons. The van der Waals surface area contributed by atoms with Crippen LogP contribution in [0.15, 0.2) is 23.3 Å². The summed E-state index contributed by atoms with van der Waals surface area (Å²) in [5, 5.41) is -1.42. The number of rotatable bonds is 1. The van der Waals surface area contributed by atoms with E-state index in [0.29, 0.717) is 0 Å². The van der Waals surface area contributed by atoms with E-state index in [0.717, 1.165) is 5.56 Å². The summed E-state index contributed by atoms with van der Waals surface area (Å²) in [6.07, 6.45) is -3.20. The zero-order valence-corrected chi connectivity index (χ0v) is 7.89. The van der Waals surface area contributed by atoms with Gasteiger partial charge >= 0.3 is 6.18 Å². The van der Waals surface area contributed by atoms with Gasteiger partial charge in [0.1, 0.15) is 0 Å². The van der Waals surface area contributed by atoms with E-state index >= 15 is 0 Å². The van der Waals surface area contributed by atoms with Crippen molar-refractivity contribution in [2.24, 2.45) is 4.99 Å². The lowest BCUT2D eigenvalue weighted by Gasteiger charge is -2.02. The Bertz CT molecular complexity index is 343. The molecule has 0 aromatic carbocycles. The fraction of sp³-hybridized carbons (Fsp3) is 0.250. The summed E-state index contributed by atoms with van der Waals surface area (Å²) in [4.78, 5) is 6.78. The molecule has 0 aliphatic rings. The molecule has 2 nitrogen and oxygen atoms in total. The summed E-state index contributed by atoms with van der Waals surface area (Å²) in [6.45, 7) is 1.77. The van der Waals surface area contributed by atoms with Crippen LogP contribution in [0, 0.1) is 6.92 Å². The molecule has 0 bridgehead atoms. The smallest absolute Gasteiger partial charge is 0.237 e. The Hall–Kier alpha value is -1.10. The Balaban J connectivity index is 2.93. The molecular formula is C8H6ClF3N2. The monoisotopic (exact) mass is 222 g/mol. The number of aromatic nitrogens is 1. The van der Waals surface area contributed by atoms with Crippen LogP contribution in [0.2, 0.25) is 0 Å². The van der Waals surface area contributed by atoms with Gasteiger partial charge in [-0.3, -0.25) is 0 Å². The highest BCUT2D eigenvalue weighted by Crippen LogP contribution is 2.22. The van der Waals surface area contributed by atoms with Crippen molar-refractivity contribution in [2.75, 3.05) is 0 Å². The summed E-state index contributed by atoms with van der Waals surface area (Å²) in [5.41, 5.74) is 0.840. The average Bonchev–Trinajstić information content (AvgIpc) is 2.07. The molecule has 0 saturated heterocycles. The maximum absolute atomic E-state index is 11.9. The number of halogens is 4. The van der Waals surface area contributed by atoms with Gasteiger partial charge in [0.2, 0.25) is 5.17 Å². The minimum absolute atomic E-state index is 0.0575. The maximum atomic E-state index is 11.9. The van der Waals surface area contributed by atoms with E-state index in [4.69, 9.17) is 11.6 Å². The molecule has 0 unspecified atom stereocenters. The van der Waals surface area contributed by atoms with Crippen LogP contribution in [0.3, 0.4) is 0 Å². The molecule has 0 aliphatic heterocycles. The fourth-order valence-corrected chi connectivity index (χ4v) is 0.777. The second kappa shape index (κ2) is 3.96. The molecule has 0 N–H and O–H groups in total. The maximum Gasteiger partial charge on any atom is 0.444 e. The van der Waals surface area contributed by atoms with Gasteiger partial charge in [-0.1, -0.05) is 17.7 Å². The molecule has 1 aromatic heterocycles. The van der Waals surface area contributed by atoms with Gasteiger partial charge in [0, 0.05) is 6.20 Å². The molecular weight excluding hydrogens is 217 g/mol. The molecule has 14 heavy (non-hydrogen) atoms. The summed E-state index contributed by atoms with van der Waals surface area (Å²) in [5.74, 6) is -0.0575. The number of hydrogen-bond acceptors (Lipinski definition) is 2. The average molecular weight is 223 g/mol. The molecule has 1 rings (SSSR count). The van der Waals surface area contributed by atoms with Crippen molar-refractivity contribution in [3.8, 4) is 0 Å². The van der Waals surface area contributed by atoms with Gasteiger partial charge in [0.15, 0.2) is 5.82 Å². The third-order valence-electron chi connectivity index (χ3n) is 1.34. The second-order valence-electron chi connectivity index (χ2n) is 2.59. The molecule has 0 atom stereocenters. The first-order valence-electron chi connectivity index (χ1n) is 3.63. The highest BCUT2D eigenvalue weighted by atomic mass is 35.5. The molecule has 6 heteroatoms. The van der Waals surface area contributed by atoms with Crippen LogP contribution in [0.5, 0.6) is 0 Å². The highest BCUT2D eigenvalue weighted by molar-refractivity contribution is 6.67. The number of aryl methyl sites for hydroxylation is 1. The number of alkyl halides is 3. The van der Waals surface area contributed by atoms with Crippen LogP contribution in [0.25, 0.3) is 0 Å². The van der Waals surface area contributed by atoms with E-state index in [2.05, 4.69) is 9.98 Å². The SMILES string of the molecule is Cc1ccc(N=C(Cl)C(F)(F)F)nc1. The van der Waals surface area contributed by atoms with E-state index in [1.807, 2.05) is 0 Å². The van der Waals surface area contributed by atoms with Crippen LogP contribution in [0.1, 0.15) is 5.56 Å². The minimum atomic E-state index is -4.62. The zero-order valence-electron chi connectivity index (χ0n) is 7.14. The molecule has 1 heterocycles. The Kier molecular flexibility index (Phi) is 3.10. The van der Waals surface area contributed by atoms with Crippen molar-refractivity contribution >= 4 is 22.6 Å². The molecule has 0 saturated carbocycles. The number of hydrogen-bond donors (Lipinski definition) is 0. The van der Waals surface area contributed by atoms with Crippen molar-refractivity contribution in [1.29, 1.82) is 0 Å². The van der Waals surface area contributed by atoms with E-state index < -0.39 is 11.3 Å². The van der Waals surface area contributed by atoms with Crippen LogP contribution in [-0.4, -0.2) is 16.3 Å². The first-order valence-corrected chi connectivity index (χ1v) is 4.01. The van der Waals surface area contributed by atoms with Crippen molar-refractivity contribution in [2.45, 2.75) is 13.1 Å². The number of nitrogens with zero attached hydrogens (tertiary/aromatic N) is 2. The number of pyridine rings is 1. The molecule has 0 spiro atoms. The zero-order chi connectivity index (χ0) is 10.8. The lowest BCUT2D eigenvalue weighted by Crippen LogP contribution is -2.16. The number of aliphatic imine (C=N–C) groups is 1. The van der Waals surface area contributed by atoms with Crippen molar-refractivity contribution in [1.82, 2.24) is 4.98 Å². The topological polar surface area (TPSA) is 25.2 Å². The predicted molar refractivity (Wildman–Crippen MR) is 48.0 cm³/mol. The lowest BCUT2D eigenvalue weighted by atomic mass is 10.3. The van der Waals surface area contributed by atoms with Gasteiger partial charge in [-0.05, 0) is 18.6 Å². The van der Waals surface area contributed by atoms with Gasteiger partial charge in [0.05, 0.1) is 0 Å². The Morgan fingerprint density at radius 2 is 2.07 bits per heavy atom. The van der Waals surface area contributed by atoms with Gasteiger partial charge < -0.3 is 0 Å². The predicted octanol–water partition coefficient (Wildman–Crippen LogP) is 3.22.